The lowest BCUT2D eigenvalue weighted by Gasteiger charge is -2.08. The van der Waals surface area contributed by atoms with Crippen LogP contribution < -0.4 is 4.74 Å². The van der Waals surface area contributed by atoms with Crippen molar-refractivity contribution in [2.45, 2.75) is 20.0 Å². The van der Waals surface area contributed by atoms with Crippen molar-refractivity contribution in [2.75, 3.05) is 6.61 Å². The molecule has 0 aliphatic rings. The summed E-state index contributed by atoms with van der Waals surface area (Å²) in [5, 5.41) is 8.74. The summed E-state index contributed by atoms with van der Waals surface area (Å²) in [6, 6.07) is 15.9. The summed E-state index contributed by atoms with van der Waals surface area (Å²) in [5.74, 6) is 0.265. The first-order chi connectivity index (χ1) is 10.7. The first-order valence-electron chi connectivity index (χ1n) is 7.12. The van der Waals surface area contributed by atoms with Crippen molar-refractivity contribution in [2.24, 2.45) is 0 Å². The molecule has 0 radical (unpaired) electrons. The molecule has 0 fully saturated rings. The van der Waals surface area contributed by atoms with Crippen LogP contribution in [0.25, 0.3) is 0 Å². The Kier molecular flexibility index (Phi) is 5.56. The van der Waals surface area contributed by atoms with Crippen LogP contribution in [0.5, 0.6) is 5.75 Å². The van der Waals surface area contributed by atoms with Gasteiger partial charge in [-0.05, 0) is 42.3 Å². The molecule has 0 saturated heterocycles. The molecule has 0 bridgehead atoms. The van der Waals surface area contributed by atoms with E-state index in [1.807, 2.05) is 19.1 Å². The second kappa shape index (κ2) is 7.84. The number of carbonyl (C=O) groups excluding carboxylic acids is 1. The number of nitriles is 1. The van der Waals surface area contributed by atoms with Crippen molar-refractivity contribution in [3.8, 4) is 11.8 Å². The van der Waals surface area contributed by atoms with Crippen molar-refractivity contribution >= 4 is 5.97 Å². The fourth-order valence-electron chi connectivity index (χ4n) is 1.84. The standard InChI is InChI=1S/C18H17NO3/c1-2-10-21-17-5-3-4-16(11-17)18(20)22-13-15-8-6-14(12-19)7-9-15/h3-9,11H,2,10,13H2,1H3. The maximum atomic E-state index is 12.0. The van der Waals surface area contributed by atoms with Gasteiger partial charge >= 0.3 is 5.97 Å². The van der Waals surface area contributed by atoms with Crippen LogP contribution in [0.4, 0.5) is 0 Å². The van der Waals surface area contributed by atoms with E-state index in [0.29, 0.717) is 23.5 Å². The molecule has 0 N–H and O–H groups in total. The Morgan fingerprint density at radius 1 is 1.18 bits per heavy atom. The summed E-state index contributed by atoms with van der Waals surface area (Å²) in [4.78, 5) is 12.0. The molecule has 0 spiro atoms. The van der Waals surface area contributed by atoms with Crippen LogP contribution >= 0.6 is 0 Å². The van der Waals surface area contributed by atoms with Crippen LogP contribution in [0, 0.1) is 11.3 Å². The molecular formula is C18H17NO3. The van der Waals surface area contributed by atoms with E-state index >= 15 is 0 Å². The summed E-state index contributed by atoms with van der Waals surface area (Å²) < 4.78 is 10.8. The predicted molar refractivity (Wildman–Crippen MR) is 82.5 cm³/mol. The third-order valence-electron chi connectivity index (χ3n) is 3.00. The van der Waals surface area contributed by atoms with E-state index in [-0.39, 0.29) is 6.61 Å². The molecule has 0 aromatic heterocycles. The lowest BCUT2D eigenvalue weighted by molar-refractivity contribution is 0.0472. The first kappa shape index (κ1) is 15.6. The third kappa shape index (κ3) is 4.35. The zero-order valence-electron chi connectivity index (χ0n) is 12.4. The SMILES string of the molecule is CCCOc1cccc(C(=O)OCc2ccc(C#N)cc2)c1. The lowest BCUT2D eigenvalue weighted by Crippen LogP contribution is -2.06. The van der Waals surface area contributed by atoms with Crippen LogP contribution in [0.3, 0.4) is 0 Å². The van der Waals surface area contributed by atoms with E-state index in [4.69, 9.17) is 14.7 Å². The summed E-state index contributed by atoms with van der Waals surface area (Å²) in [7, 11) is 0. The van der Waals surface area contributed by atoms with Gasteiger partial charge in [-0.15, -0.1) is 0 Å². The van der Waals surface area contributed by atoms with Crippen molar-refractivity contribution in [1.29, 1.82) is 5.26 Å². The number of hydrogen-bond donors (Lipinski definition) is 0. The molecule has 0 aliphatic heterocycles. The third-order valence-corrected chi connectivity index (χ3v) is 3.00. The van der Waals surface area contributed by atoms with E-state index < -0.39 is 5.97 Å². The smallest absolute Gasteiger partial charge is 0.338 e. The van der Waals surface area contributed by atoms with Crippen LogP contribution in [-0.2, 0) is 11.3 Å². The second-order valence-electron chi connectivity index (χ2n) is 4.76. The Morgan fingerprint density at radius 3 is 2.64 bits per heavy atom. The molecule has 0 saturated carbocycles. The highest BCUT2D eigenvalue weighted by Crippen LogP contribution is 2.15. The number of rotatable bonds is 6. The number of hydrogen-bond acceptors (Lipinski definition) is 4. The van der Waals surface area contributed by atoms with Crippen LogP contribution in [-0.4, -0.2) is 12.6 Å². The van der Waals surface area contributed by atoms with Crippen molar-refractivity contribution in [3.05, 3.63) is 65.2 Å². The van der Waals surface area contributed by atoms with Crippen LogP contribution in [0.1, 0.15) is 34.8 Å². The fourth-order valence-corrected chi connectivity index (χ4v) is 1.84. The zero-order chi connectivity index (χ0) is 15.8. The average molecular weight is 295 g/mol. The highest BCUT2D eigenvalue weighted by molar-refractivity contribution is 5.89. The molecule has 0 aliphatic carbocycles. The van der Waals surface area contributed by atoms with Gasteiger partial charge in [-0.1, -0.05) is 25.1 Å². The highest BCUT2D eigenvalue weighted by Gasteiger charge is 2.08. The molecule has 0 heterocycles. The minimum atomic E-state index is -0.397. The topological polar surface area (TPSA) is 59.3 Å². The minimum Gasteiger partial charge on any atom is -0.494 e. The number of esters is 1. The number of ether oxygens (including phenoxy) is 2. The van der Waals surface area contributed by atoms with Gasteiger partial charge in [0.2, 0.25) is 0 Å². The van der Waals surface area contributed by atoms with Gasteiger partial charge < -0.3 is 9.47 Å². The Hall–Kier alpha value is -2.80. The van der Waals surface area contributed by atoms with Crippen molar-refractivity contribution < 1.29 is 14.3 Å². The van der Waals surface area contributed by atoms with E-state index in [2.05, 4.69) is 0 Å². The van der Waals surface area contributed by atoms with Gasteiger partial charge in [0.05, 0.1) is 23.8 Å². The largest absolute Gasteiger partial charge is 0.494 e. The van der Waals surface area contributed by atoms with Gasteiger partial charge in [-0.3, -0.25) is 0 Å². The van der Waals surface area contributed by atoms with Gasteiger partial charge in [0.25, 0.3) is 0 Å². The Morgan fingerprint density at radius 2 is 1.95 bits per heavy atom. The van der Waals surface area contributed by atoms with Crippen LogP contribution in [0.2, 0.25) is 0 Å². The predicted octanol–water partition coefficient (Wildman–Crippen LogP) is 3.70. The zero-order valence-corrected chi connectivity index (χ0v) is 12.4. The summed E-state index contributed by atoms with van der Waals surface area (Å²) in [5.41, 5.74) is 1.88. The Labute approximate surface area is 129 Å². The summed E-state index contributed by atoms with van der Waals surface area (Å²) in [6.07, 6.45) is 0.910. The molecule has 4 nitrogen and oxygen atoms in total. The quantitative estimate of drug-likeness (QED) is 0.762. The fraction of sp³-hybridized carbons (Fsp3) is 0.222. The number of nitrogens with zero attached hydrogens (tertiary/aromatic N) is 1. The molecule has 22 heavy (non-hydrogen) atoms. The summed E-state index contributed by atoms with van der Waals surface area (Å²) in [6.45, 7) is 2.81. The maximum absolute atomic E-state index is 12.0. The monoisotopic (exact) mass is 295 g/mol. The Bertz CT molecular complexity index is 671. The molecular weight excluding hydrogens is 278 g/mol. The van der Waals surface area contributed by atoms with Crippen molar-refractivity contribution in [3.63, 3.8) is 0 Å². The van der Waals surface area contributed by atoms with E-state index in [9.17, 15) is 4.79 Å². The molecule has 4 heteroatoms. The van der Waals surface area contributed by atoms with Gasteiger partial charge in [0, 0.05) is 0 Å². The van der Waals surface area contributed by atoms with E-state index in [1.165, 1.54) is 0 Å². The lowest BCUT2D eigenvalue weighted by atomic mass is 10.1. The molecule has 2 aromatic rings. The highest BCUT2D eigenvalue weighted by atomic mass is 16.5. The molecule has 2 aromatic carbocycles. The second-order valence-corrected chi connectivity index (χ2v) is 4.76. The average Bonchev–Trinajstić information content (AvgIpc) is 2.58. The van der Waals surface area contributed by atoms with Crippen molar-refractivity contribution in [1.82, 2.24) is 0 Å². The van der Waals surface area contributed by atoms with Gasteiger partial charge in [0.15, 0.2) is 0 Å². The molecule has 0 atom stereocenters. The normalized spacial score (nSPS) is 9.82. The molecule has 112 valence electrons. The Balaban J connectivity index is 1.95. The molecule has 2 rings (SSSR count). The minimum absolute atomic E-state index is 0.171. The first-order valence-corrected chi connectivity index (χ1v) is 7.12. The van der Waals surface area contributed by atoms with E-state index in [0.717, 1.165) is 12.0 Å². The van der Waals surface area contributed by atoms with Crippen LogP contribution in [0.15, 0.2) is 48.5 Å². The van der Waals surface area contributed by atoms with Gasteiger partial charge in [0.1, 0.15) is 12.4 Å². The molecule has 0 unspecified atom stereocenters. The molecule has 0 amide bonds. The maximum Gasteiger partial charge on any atom is 0.338 e. The summed E-state index contributed by atoms with van der Waals surface area (Å²) >= 11 is 0. The number of carbonyl (C=O) groups is 1. The number of benzene rings is 2. The van der Waals surface area contributed by atoms with Gasteiger partial charge in [-0.25, -0.2) is 4.79 Å². The van der Waals surface area contributed by atoms with Gasteiger partial charge in [-0.2, -0.15) is 5.26 Å². The van der Waals surface area contributed by atoms with E-state index in [1.54, 1.807) is 42.5 Å².